The highest BCUT2D eigenvalue weighted by Crippen LogP contribution is 2.33. The molecule has 1 aromatic carbocycles. The van der Waals surface area contributed by atoms with Gasteiger partial charge in [0.2, 0.25) is 11.8 Å². The molecule has 0 saturated carbocycles. The molecule has 0 radical (unpaired) electrons. The lowest BCUT2D eigenvalue weighted by Crippen LogP contribution is -2.50. The van der Waals surface area contributed by atoms with Crippen LogP contribution >= 0.6 is 23.3 Å². The molecule has 1 aliphatic heterocycles. The van der Waals surface area contributed by atoms with Crippen molar-refractivity contribution in [3.8, 4) is 5.88 Å². The Hall–Kier alpha value is -3.39. The first kappa shape index (κ1) is 23.8. The predicted molar refractivity (Wildman–Crippen MR) is 120 cm³/mol. The van der Waals surface area contributed by atoms with E-state index in [-0.39, 0.29) is 23.3 Å². The van der Waals surface area contributed by atoms with Crippen LogP contribution in [0.4, 0.5) is 35.4 Å². The number of amides is 2. The van der Waals surface area contributed by atoms with Crippen LogP contribution in [0.5, 0.6) is 5.88 Å². The first-order valence-electron chi connectivity index (χ1n) is 9.90. The van der Waals surface area contributed by atoms with Crippen LogP contribution in [0.15, 0.2) is 30.5 Å². The van der Waals surface area contributed by atoms with Crippen LogP contribution < -0.4 is 20.7 Å². The number of benzene rings is 1. The van der Waals surface area contributed by atoms with Crippen molar-refractivity contribution < 1.29 is 22.7 Å². The standard InChI is InChI=1S/C19H18ClF3N8O2S/c20-12-7-11(19(21,22)23)8-14(9-12)27-18(32)31-5-3-30(4-6-31)15-16(29-34-28-15)33-10-13-1-2-25-17(24)26-13/h1-2,7-9H,3-6,10H2,(H,27,32)(H2,24,25,26). The number of carbonyl (C=O) groups is 1. The fourth-order valence-electron chi connectivity index (χ4n) is 3.24. The first-order chi connectivity index (χ1) is 16.2. The number of nitrogens with one attached hydrogen (secondary N) is 1. The Bertz CT molecular complexity index is 1170. The molecule has 3 heterocycles. The summed E-state index contributed by atoms with van der Waals surface area (Å²) in [6.07, 6.45) is -3.05. The zero-order valence-electron chi connectivity index (χ0n) is 17.4. The van der Waals surface area contributed by atoms with E-state index in [1.807, 2.05) is 4.90 Å². The van der Waals surface area contributed by atoms with E-state index in [0.717, 1.165) is 23.9 Å². The summed E-state index contributed by atoms with van der Waals surface area (Å²) in [5, 5.41) is 2.36. The lowest BCUT2D eigenvalue weighted by molar-refractivity contribution is -0.137. The maximum atomic E-state index is 13.0. The first-order valence-corrected chi connectivity index (χ1v) is 11.0. The Morgan fingerprint density at radius 3 is 2.68 bits per heavy atom. The fraction of sp³-hybridized carbons (Fsp3) is 0.316. The van der Waals surface area contributed by atoms with Crippen molar-refractivity contribution in [2.45, 2.75) is 12.8 Å². The number of halogens is 4. The van der Waals surface area contributed by atoms with Gasteiger partial charge in [0.1, 0.15) is 6.61 Å². The summed E-state index contributed by atoms with van der Waals surface area (Å²) >= 11 is 6.77. The molecule has 0 atom stereocenters. The lowest BCUT2D eigenvalue weighted by atomic mass is 10.2. The van der Waals surface area contributed by atoms with Gasteiger partial charge in [-0.05, 0) is 24.3 Å². The Kier molecular flexibility index (Phi) is 6.88. The Morgan fingerprint density at radius 1 is 1.21 bits per heavy atom. The number of anilines is 3. The van der Waals surface area contributed by atoms with Crippen LogP contribution in [-0.2, 0) is 12.8 Å². The van der Waals surface area contributed by atoms with E-state index in [1.165, 1.54) is 17.2 Å². The average Bonchev–Trinajstić information content (AvgIpc) is 3.25. The van der Waals surface area contributed by atoms with E-state index in [0.29, 0.717) is 43.6 Å². The zero-order chi connectivity index (χ0) is 24.3. The van der Waals surface area contributed by atoms with E-state index in [9.17, 15) is 18.0 Å². The average molecular weight is 515 g/mol. The number of hydrogen-bond acceptors (Lipinski definition) is 9. The van der Waals surface area contributed by atoms with Gasteiger partial charge in [-0.3, -0.25) is 0 Å². The van der Waals surface area contributed by atoms with Crippen molar-refractivity contribution in [2.24, 2.45) is 0 Å². The smallest absolute Gasteiger partial charge is 0.416 e. The summed E-state index contributed by atoms with van der Waals surface area (Å²) in [7, 11) is 0. The Morgan fingerprint density at radius 2 is 1.97 bits per heavy atom. The molecular weight excluding hydrogens is 497 g/mol. The SMILES string of the molecule is Nc1nccc(COc2nsnc2N2CCN(C(=O)Nc3cc(Cl)cc(C(F)(F)F)c3)CC2)n1. The van der Waals surface area contributed by atoms with E-state index < -0.39 is 17.8 Å². The maximum absolute atomic E-state index is 13.0. The van der Waals surface area contributed by atoms with Crippen molar-refractivity contribution in [3.63, 3.8) is 0 Å². The Balaban J connectivity index is 1.34. The highest BCUT2D eigenvalue weighted by molar-refractivity contribution is 6.99. The quantitative estimate of drug-likeness (QED) is 0.530. The van der Waals surface area contributed by atoms with Crippen molar-refractivity contribution in [1.82, 2.24) is 23.6 Å². The number of urea groups is 1. The molecular formula is C19H18ClF3N8O2S. The van der Waals surface area contributed by atoms with Crippen LogP contribution in [0.25, 0.3) is 0 Å². The molecule has 3 N–H and O–H groups in total. The summed E-state index contributed by atoms with van der Waals surface area (Å²) in [6, 6.07) is 4.06. The molecule has 0 spiro atoms. The van der Waals surface area contributed by atoms with E-state index >= 15 is 0 Å². The maximum Gasteiger partial charge on any atom is 0.416 e. The van der Waals surface area contributed by atoms with Gasteiger partial charge in [-0.15, -0.1) is 4.37 Å². The van der Waals surface area contributed by atoms with Crippen LogP contribution in [0, 0.1) is 0 Å². The van der Waals surface area contributed by atoms with E-state index in [4.69, 9.17) is 22.1 Å². The van der Waals surface area contributed by atoms with E-state index in [2.05, 4.69) is 24.0 Å². The third-order valence-corrected chi connectivity index (χ3v) is 5.59. The van der Waals surface area contributed by atoms with Crippen LogP contribution in [0.3, 0.4) is 0 Å². The third kappa shape index (κ3) is 5.75. The van der Waals surface area contributed by atoms with Crippen LogP contribution in [0.1, 0.15) is 11.3 Å². The molecule has 4 rings (SSSR count). The summed E-state index contributed by atoms with van der Waals surface area (Å²) < 4.78 is 53.2. The molecule has 0 aliphatic carbocycles. The van der Waals surface area contributed by atoms with Crippen LogP contribution in [0.2, 0.25) is 5.02 Å². The molecule has 2 amide bonds. The Labute approximate surface area is 200 Å². The minimum atomic E-state index is -4.57. The van der Waals surface area contributed by atoms with Crippen LogP contribution in [-0.4, -0.2) is 55.8 Å². The molecule has 34 heavy (non-hydrogen) atoms. The molecule has 1 aliphatic rings. The lowest BCUT2D eigenvalue weighted by Gasteiger charge is -2.34. The van der Waals surface area contributed by atoms with Crippen molar-refractivity contribution in [3.05, 3.63) is 46.7 Å². The molecule has 10 nitrogen and oxygen atoms in total. The van der Waals surface area contributed by atoms with Gasteiger partial charge in [-0.2, -0.15) is 17.5 Å². The summed E-state index contributed by atoms with van der Waals surface area (Å²) in [4.78, 5) is 23.9. The molecule has 2 aromatic heterocycles. The number of ether oxygens (including phenoxy) is 1. The van der Waals surface area contributed by atoms with Gasteiger partial charge in [0, 0.05) is 43.1 Å². The molecule has 3 aromatic rings. The minimum absolute atomic E-state index is 0.0306. The van der Waals surface area contributed by atoms with Gasteiger partial charge in [0.25, 0.3) is 5.88 Å². The molecule has 0 bridgehead atoms. The number of carbonyl (C=O) groups excluding carboxylic acids is 1. The summed E-state index contributed by atoms with van der Waals surface area (Å²) in [5.41, 5.74) is 5.19. The number of nitrogen functional groups attached to an aromatic ring is 1. The molecule has 1 fully saturated rings. The highest BCUT2D eigenvalue weighted by Gasteiger charge is 2.32. The largest absolute Gasteiger partial charge is 0.468 e. The predicted octanol–water partition coefficient (Wildman–Crippen LogP) is 3.52. The normalized spacial score (nSPS) is 14.2. The van der Waals surface area contributed by atoms with Gasteiger partial charge in [-0.1, -0.05) is 11.6 Å². The molecule has 0 unspecified atom stereocenters. The molecule has 15 heteroatoms. The fourth-order valence-corrected chi connectivity index (χ4v) is 4.00. The molecule has 1 saturated heterocycles. The summed E-state index contributed by atoms with van der Waals surface area (Å²) in [6.45, 7) is 1.63. The number of alkyl halides is 3. The second-order valence-corrected chi connectivity index (χ2v) is 8.18. The number of piperazine rings is 1. The number of hydrogen-bond donors (Lipinski definition) is 2. The van der Waals surface area contributed by atoms with Gasteiger partial charge in [0.15, 0.2) is 0 Å². The highest BCUT2D eigenvalue weighted by atomic mass is 35.5. The second-order valence-electron chi connectivity index (χ2n) is 7.22. The van der Waals surface area contributed by atoms with Crippen molar-refractivity contribution >= 4 is 46.8 Å². The summed E-state index contributed by atoms with van der Waals surface area (Å²) in [5.74, 6) is 1.01. The number of nitrogens with zero attached hydrogens (tertiary/aromatic N) is 6. The van der Waals surface area contributed by atoms with Gasteiger partial charge >= 0.3 is 12.2 Å². The second kappa shape index (κ2) is 9.85. The number of aromatic nitrogens is 4. The third-order valence-electron chi connectivity index (χ3n) is 4.87. The topological polar surface area (TPSA) is 122 Å². The number of nitrogens with two attached hydrogens (primary N) is 1. The van der Waals surface area contributed by atoms with Gasteiger partial charge in [-0.25, -0.2) is 14.8 Å². The zero-order valence-corrected chi connectivity index (χ0v) is 19.0. The molecule has 180 valence electrons. The van der Waals surface area contributed by atoms with Crippen molar-refractivity contribution in [1.29, 1.82) is 0 Å². The minimum Gasteiger partial charge on any atom is -0.468 e. The van der Waals surface area contributed by atoms with Gasteiger partial charge < -0.3 is 25.6 Å². The van der Waals surface area contributed by atoms with Crippen molar-refractivity contribution in [2.75, 3.05) is 42.1 Å². The monoisotopic (exact) mass is 514 g/mol. The van der Waals surface area contributed by atoms with Gasteiger partial charge in [0.05, 0.1) is 23.0 Å². The number of rotatable bonds is 5. The van der Waals surface area contributed by atoms with E-state index in [1.54, 1.807) is 6.07 Å².